The van der Waals surface area contributed by atoms with Crippen molar-refractivity contribution in [1.29, 1.82) is 0 Å². The van der Waals surface area contributed by atoms with Gasteiger partial charge in [-0.3, -0.25) is 15.4 Å². The molecule has 1 aliphatic carbocycles. The summed E-state index contributed by atoms with van der Waals surface area (Å²) in [5, 5.41) is 23.2. The molecule has 6 heteroatoms. The summed E-state index contributed by atoms with van der Waals surface area (Å²) in [6.45, 7) is 0.469. The average molecular weight is 302 g/mol. The van der Waals surface area contributed by atoms with Crippen LogP contribution < -0.4 is 5.32 Å². The van der Waals surface area contributed by atoms with Gasteiger partial charge in [-0.05, 0) is 31.4 Å². The quantitative estimate of drug-likeness (QED) is 0.457. The smallest absolute Gasteiger partial charge is 0.328 e. The van der Waals surface area contributed by atoms with E-state index in [1.54, 1.807) is 0 Å². The number of carbonyl (C=O) groups is 1. The highest BCUT2D eigenvalue weighted by atomic mass is 16.6. The molecule has 116 valence electrons. The van der Waals surface area contributed by atoms with Gasteiger partial charge in [0.05, 0.1) is 4.92 Å². The molecule has 0 amide bonds. The lowest BCUT2D eigenvalue weighted by atomic mass is 9.90. The lowest BCUT2D eigenvalue weighted by molar-refractivity contribution is -0.419. The molecule has 1 atom stereocenters. The Bertz CT molecular complexity index is 610. The maximum atomic E-state index is 11.5. The van der Waals surface area contributed by atoms with Gasteiger partial charge >= 0.3 is 5.97 Å². The molecule has 1 aromatic carbocycles. The molecule has 6 nitrogen and oxygen atoms in total. The zero-order valence-corrected chi connectivity index (χ0v) is 12.1. The minimum Gasteiger partial charge on any atom is -0.480 e. The van der Waals surface area contributed by atoms with Gasteiger partial charge in [0, 0.05) is 12.2 Å². The third-order valence-corrected chi connectivity index (χ3v) is 3.64. The molecule has 1 unspecified atom stereocenters. The average Bonchev–Trinajstić information content (AvgIpc) is 2.52. The molecule has 0 bridgehead atoms. The first-order valence-corrected chi connectivity index (χ1v) is 7.10. The second-order valence-corrected chi connectivity index (χ2v) is 5.23. The number of aryl methyl sites for hydroxylation is 1. The first kappa shape index (κ1) is 15.9. The normalized spacial score (nSPS) is 20.5. The van der Waals surface area contributed by atoms with Crippen molar-refractivity contribution in [3.63, 3.8) is 0 Å². The number of aliphatic carboxylic acids is 1. The Balaban J connectivity index is 1.97. The molecule has 2 rings (SSSR count). The number of carboxylic acids is 1. The minimum atomic E-state index is -1.39. The van der Waals surface area contributed by atoms with E-state index in [-0.39, 0.29) is 12.1 Å². The Hall–Kier alpha value is -2.47. The zero-order valence-electron chi connectivity index (χ0n) is 12.1. The van der Waals surface area contributed by atoms with E-state index in [0.717, 1.165) is 12.8 Å². The van der Waals surface area contributed by atoms with E-state index < -0.39 is 16.4 Å². The fourth-order valence-corrected chi connectivity index (χ4v) is 2.44. The van der Waals surface area contributed by atoms with Crippen LogP contribution in [0.4, 0.5) is 0 Å². The first-order chi connectivity index (χ1) is 10.5. The molecule has 0 heterocycles. The van der Waals surface area contributed by atoms with Crippen LogP contribution in [0.5, 0.6) is 0 Å². The van der Waals surface area contributed by atoms with Gasteiger partial charge < -0.3 is 5.11 Å². The Morgan fingerprint density at radius 1 is 1.36 bits per heavy atom. The summed E-state index contributed by atoms with van der Waals surface area (Å²) in [7, 11) is 0. The second kappa shape index (κ2) is 7.00. The Labute approximate surface area is 128 Å². The molecule has 0 spiro atoms. The molecule has 1 aliphatic rings. The molecular weight excluding hydrogens is 284 g/mol. The summed E-state index contributed by atoms with van der Waals surface area (Å²) in [5.41, 5.74) is -0.406. The number of benzene rings is 1. The van der Waals surface area contributed by atoms with Crippen LogP contribution >= 0.6 is 0 Å². The maximum Gasteiger partial charge on any atom is 0.328 e. The van der Waals surface area contributed by atoms with Crippen molar-refractivity contribution >= 4 is 5.97 Å². The van der Waals surface area contributed by atoms with Gasteiger partial charge in [0.1, 0.15) is 5.54 Å². The fraction of sp³-hybridized carbons (Fsp3) is 0.312. The van der Waals surface area contributed by atoms with E-state index in [1.807, 2.05) is 30.3 Å². The molecule has 1 aromatic rings. The van der Waals surface area contributed by atoms with Crippen LogP contribution in [-0.4, -0.2) is 28.1 Å². The van der Waals surface area contributed by atoms with Gasteiger partial charge in [-0.1, -0.05) is 36.4 Å². The van der Waals surface area contributed by atoms with Gasteiger partial charge in [-0.25, -0.2) is 4.79 Å². The van der Waals surface area contributed by atoms with Crippen molar-refractivity contribution in [3.05, 3.63) is 69.9 Å². The number of nitrogens with zero attached hydrogens (tertiary/aromatic N) is 1. The standard InChI is InChI=1S/C16H18N2O4/c19-15(20)16(10-4-9-14(12-16)18(21)22)17-11-5-8-13-6-2-1-3-7-13/h1-4,6-7,9,12,17H,5,8,10-11H2,(H,19,20). The van der Waals surface area contributed by atoms with Gasteiger partial charge in [-0.15, -0.1) is 0 Å². The fourth-order valence-electron chi connectivity index (χ4n) is 2.44. The molecule has 0 radical (unpaired) electrons. The first-order valence-electron chi connectivity index (χ1n) is 7.10. The molecular formula is C16H18N2O4. The summed E-state index contributed by atoms with van der Waals surface area (Å²) in [6.07, 6.45) is 5.84. The van der Waals surface area contributed by atoms with E-state index in [0.29, 0.717) is 6.54 Å². The molecule has 22 heavy (non-hydrogen) atoms. The van der Waals surface area contributed by atoms with Crippen LogP contribution in [-0.2, 0) is 11.2 Å². The highest BCUT2D eigenvalue weighted by molar-refractivity contribution is 5.82. The molecule has 0 aromatic heterocycles. The monoisotopic (exact) mass is 302 g/mol. The molecule has 0 aliphatic heterocycles. The van der Waals surface area contributed by atoms with E-state index >= 15 is 0 Å². The third kappa shape index (κ3) is 3.79. The van der Waals surface area contributed by atoms with Crippen molar-refractivity contribution in [2.24, 2.45) is 0 Å². The van der Waals surface area contributed by atoms with E-state index in [1.165, 1.54) is 23.8 Å². The van der Waals surface area contributed by atoms with Gasteiger partial charge in [-0.2, -0.15) is 0 Å². The number of allylic oxidation sites excluding steroid dienone is 1. The lowest BCUT2D eigenvalue weighted by Gasteiger charge is -2.27. The number of hydrogen-bond acceptors (Lipinski definition) is 4. The minimum absolute atomic E-state index is 0.191. The van der Waals surface area contributed by atoms with Gasteiger partial charge in [0.25, 0.3) is 5.70 Å². The van der Waals surface area contributed by atoms with Crippen LogP contribution in [0, 0.1) is 10.1 Å². The number of nitrogens with one attached hydrogen (secondary N) is 1. The Kier molecular flexibility index (Phi) is 5.06. The second-order valence-electron chi connectivity index (χ2n) is 5.23. The van der Waals surface area contributed by atoms with Crippen molar-refractivity contribution in [1.82, 2.24) is 5.32 Å². The van der Waals surface area contributed by atoms with Crippen LogP contribution in [0.1, 0.15) is 18.4 Å². The van der Waals surface area contributed by atoms with Crippen LogP contribution in [0.15, 0.2) is 54.3 Å². The van der Waals surface area contributed by atoms with E-state index in [9.17, 15) is 20.0 Å². The molecule has 2 N–H and O–H groups in total. The van der Waals surface area contributed by atoms with Crippen molar-refractivity contribution in [3.8, 4) is 0 Å². The predicted molar refractivity (Wildman–Crippen MR) is 82.0 cm³/mol. The lowest BCUT2D eigenvalue weighted by Crippen LogP contribution is -2.51. The van der Waals surface area contributed by atoms with Crippen molar-refractivity contribution in [2.45, 2.75) is 24.8 Å². The summed E-state index contributed by atoms with van der Waals surface area (Å²) in [6, 6.07) is 9.89. The predicted octanol–water partition coefficient (Wildman–Crippen LogP) is 2.15. The Morgan fingerprint density at radius 2 is 2.09 bits per heavy atom. The van der Waals surface area contributed by atoms with E-state index in [4.69, 9.17) is 0 Å². The Morgan fingerprint density at radius 3 is 2.73 bits per heavy atom. The van der Waals surface area contributed by atoms with E-state index in [2.05, 4.69) is 5.32 Å². The van der Waals surface area contributed by atoms with Gasteiger partial charge in [0.2, 0.25) is 0 Å². The highest BCUT2D eigenvalue weighted by Gasteiger charge is 2.39. The number of carboxylic acid groups (broad SMARTS) is 1. The molecule has 0 saturated carbocycles. The summed E-state index contributed by atoms with van der Waals surface area (Å²) in [4.78, 5) is 21.8. The van der Waals surface area contributed by atoms with Crippen molar-refractivity contribution < 1.29 is 14.8 Å². The molecule has 0 fully saturated rings. The summed E-state index contributed by atoms with van der Waals surface area (Å²) in [5.74, 6) is -1.10. The molecule has 0 saturated heterocycles. The summed E-state index contributed by atoms with van der Waals surface area (Å²) < 4.78 is 0. The third-order valence-electron chi connectivity index (χ3n) is 3.64. The van der Waals surface area contributed by atoms with Crippen LogP contribution in [0.2, 0.25) is 0 Å². The van der Waals surface area contributed by atoms with Crippen molar-refractivity contribution in [2.75, 3.05) is 6.54 Å². The topological polar surface area (TPSA) is 92.5 Å². The number of hydrogen-bond donors (Lipinski definition) is 2. The summed E-state index contributed by atoms with van der Waals surface area (Å²) >= 11 is 0. The maximum absolute atomic E-state index is 11.5. The zero-order chi connectivity index (χ0) is 16.0. The largest absolute Gasteiger partial charge is 0.480 e. The van der Waals surface area contributed by atoms with Crippen LogP contribution in [0.3, 0.4) is 0 Å². The SMILES string of the molecule is O=C(O)C1(NCCCc2ccccc2)C=C([N+](=O)[O-])C=CC1. The van der Waals surface area contributed by atoms with Gasteiger partial charge in [0.15, 0.2) is 0 Å². The van der Waals surface area contributed by atoms with Crippen LogP contribution in [0.25, 0.3) is 0 Å². The highest BCUT2D eigenvalue weighted by Crippen LogP contribution is 2.22. The number of nitro groups is 1. The number of rotatable bonds is 7.